The largest absolute Gasteiger partial charge is 0.400 e. The minimum atomic E-state index is -1.34. The van der Waals surface area contributed by atoms with Crippen LogP contribution in [0.2, 0.25) is 6.04 Å². The Morgan fingerprint density at radius 1 is 1.15 bits per heavy atom. The Balaban J connectivity index is 3.61. The van der Waals surface area contributed by atoms with Gasteiger partial charge in [0.05, 0.1) is 0 Å². The van der Waals surface area contributed by atoms with Crippen molar-refractivity contribution < 1.29 is 8.85 Å². The van der Waals surface area contributed by atoms with E-state index in [4.69, 9.17) is 14.6 Å². The van der Waals surface area contributed by atoms with Gasteiger partial charge in [0.2, 0.25) is 0 Å². The van der Waals surface area contributed by atoms with Crippen LogP contribution >= 0.6 is 0 Å². The second kappa shape index (κ2) is 7.50. The van der Waals surface area contributed by atoms with E-state index in [1.54, 1.807) is 14.2 Å². The van der Waals surface area contributed by atoms with Gasteiger partial charge in [-0.25, -0.2) is 0 Å². The maximum atomic E-state index is 5.59. The summed E-state index contributed by atoms with van der Waals surface area (Å²) in [6, 6.07) is 1.08. The second-order valence-electron chi connectivity index (χ2n) is 3.67. The summed E-state index contributed by atoms with van der Waals surface area (Å²) in [5.74, 6) is 1.27. The van der Waals surface area contributed by atoms with Gasteiger partial charge in [-0.2, -0.15) is 0 Å². The molecule has 0 fully saturated rings. The quantitative estimate of drug-likeness (QED) is 0.634. The van der Waals surface area contributed by atoms with Crippen molar-refractivity contribution in [1.29, 1.82) is 0 Å². The Labute approximate surface area is 83.5 Å². The van der Waals surface area contributed by atoms with Crippen LogP contribution in [0.4, 0.5) is 0 Å². The lowest BCUT2D eigenvalue weighted by Gasteiger charge is -2.19. The molecule has 0 aromatic heterocycles. The standard InChI is InChI=1S/C9H23NO2Si/c1-8(9(2)7-10)5-6-13(11-3)12-4/h8-9,13H,5-7,10H2,1-4H3. The third kappa shape index (κ3) is 5.41. The lowest BCUT2D eigenvalue weighted by Crippen LogP contribution is -2.23. The van der Waals surface area contributed by atoms with Gasteiger partial charge in [-0.3, -0.25) is 0 Å². The topological polar surface area (TPSA) is 44.5 Å². The minimum absolute atomic E-state index is 0.600. The second-order valence-corrected chi connectivity index (χ2v) is 6.05. The van der Waals surface area contributed by atoms with Gasteiger partial charge in [0.1, 0.15) is 0 Å². The number of nitrogens with two attached hydrogens (primary N) is 1. The fourth-order valence-corrected chi connectivity index (χ4v) is 2.71. The highest BCUT2D eigenvalue weighted by Crippen LogP contribution is 2.17. The average molecular weight is 205 g/mol. The molecule has 2 N–H and O–H groups in total. The van der Waals surface area contributed by atoms with Crippen molar-refractivity contribution in [2.75, 3.05) is 20.8 Å². The molecule has 0 spiro atoms. The van der Waals surface area contributed by atoms with Crippen molar-refractivity contribution >= 4 is 9.28 Å². The van der Waals surface area contributed by atoms with Gasteiger partial charge in [0.15, 0.2) is 0 Å². The highest BCUT2D eigenvalue weighted by molar-refractivity contribution is 6.44. The molecule has 0 saturated heterocycles. The molecular weight excluding hydrogens is 182 g/mol. The van der Waals surface area contributed by atoms with Crippen LogP contribution in [0.5, 0.6) is 0 Å². The van der Waals surface area contributed by atoms with Crippen LogP contribution in [-0.2, 0) is 8.85 Å². The third-order valence-electron chi connectivity index (χ3n) is 2.73. The molecule has 0 rings (SSSR count). The van der Waals surface area contributed by atoms with Crippen LogP contribution in [0.25, 0.3) is 0 Å². The number of hydrogen-bond donors (Lipinski definition) is 1. The third-order valence-corrected chi connectivity index (χ3v) is 4.58. The van der Waals surface area contributed by atoms with Crippen LogP contribution in [0.15, 0.2) is 0 Å². The van der Waals surface area contributed by atoms with Crippen LogP contribution < -0.4 is 5.73 Å². The first kappa shape index (κ1) is 13.1. The highest BCUT2D eigenvalue weighted by Gasteiger charge is 2.15. The summed E-state index contributed by atoms with van der Waals surface area (Å²) in [5, 5.41) is 0. The monoisotopic (exact) mass is 205 g/mol. The summed E-state index contributed by atoms with van der Waals surface area (Å²) in [4.78, 5) is 0. The van der Waals surface area contributed by atoms with Crippen LogP contribution in [0, 0.1) is 11.8 Å². The van der Waals surface area contributed by atoms with E-state index in [0.29, 0.717) is 11.8 Å². The van der Waals surface area contributed by atoms with Crippen LogP contribution in [0.3, 0.4) is 0 Å². The summed E-state index contributed by atoms with van der Waals surface area (Å²) >= 11 is 0. The van der Waals surface area contributed by atoms with Gasteiger partial charge < -0.3 is 14.6 Å². The zero-order chi connectivity index (χ0) is 10.3. The zero-order valence-corrected chi connectivity index (χ0v) is 10.4. The van der Waals surface area contributed by atoms with Crippen LogP contribution in [-0.4, -0.2) is 30.0 Å². The molecule has 13 heavy (non-hydrogen) atoms. The maximum Gasteiger partial charge on any atom is 0.320 e. The van der Waals surface area contributed by atoms with Gasteiger partial charge in [-0.15, -0.1) is 0 Å². The van der Waals surface area contributed by atoms with Gasteiger partial charge in [0.25, 0.3) is 0 Å². The van der Waals surface area contributed by atoms with Gasteiger partial charge in [-0.05, 0) is 30.8 Å². The lowest BCUT2D eigenvalue weighted by atomic mass is 9.94. The first-order valence-corrected chi connectivity index (χ1v) is 6.67. The van der Waals surface area contributed by atoms with Gasteiger partial charge in [-0.1, -0.05) is 13.8 Å². The Kier molecular flexibility index (Phi) is 7.55. The smallest absolute Gasteiger partial charge is 0.320 e. The minimum Gasteiger partial charge on any atom is -0.400 e. The van der Waals surface area contributed by atoms with E-state index in [2.05, 4.69) is 13.8 Å². The fourth-order valence-electron chi connectivity index (χ4n) is 1.25. The number of rotatable bonds is 7. The van der Waals surface area contributed by atoms with Gasteiger partial charge >= 0.3 is 9.28 Å². The molecule has 2 atom stereocenters. The van der Waals surface area contributed by atoms with E-state index in [1.807, 2.05) is 0 Å². The van der Waals surface area contributed by atoms with E-state index in [0.717, 1.165) is 19.0 Å². The lowest BCUT2D eigenvalue weighted by molar-refractivity contribution is 0.269. The van der Waals surface area contributed by atoms with Crippen molar-refractivity contribution in [3.63, 3.8) is 0 Å². The summed E-state index contributed by atoms with van der Waals surface area (Å²) in [7, 11) is 2.13. The summed E-state index contributed by atoms with van der Waals surface area (Å²) in [6.07, 6.45) is 1.16. The predicted molar refractivity (Wildman–Crippen MR) is 58.0 cm³/mol. The molecule has 0 aromatic rings. The molecule has 0 bridgehead atoms. The van der Waals surface area contributed by atoms with Crippen LogP contribution in [0.1, 0.15) is 20.3 Å². The molecule has 3 nitrogen and oxygen atoms in total. The summed E-state index contributed by atoms with van der Waals surface area (Å²) < 4.78 is 10.5. The van der Waals surface area contributed by atoms with E-state index in [1.165, 1.54) is 0 Å². The molecule has 0 aromatic carbocycles. The van der Waals surface area contributed by atoms with Crippen molar-refractivity contribution in [2.45, 2.75) is 26.3 Å². The molecular formula is C9H23NO2Si. The molecule has 0 heterocycles. The molecule has 0 amide bonds. The Morgan fingerprint density at radius 3 is 2.08 bits per heavy atom. The normalized spacial score (nSPS) is 16.2. The Bertz CT molecular complexity index is 120. The van der Waals surface area contributed by atoms with Crippen molar-refractivity contribution in [3.8, 4) is 0 Å². The first-order chi connectivity index (χ1) is 6.15. The average Bonchev–Trinajstić information content (AvgIpc) is 2.17. The van der Waals surface area contributed by atoms with E-state index < -0.39 is 9.28 Å². The fraction of sp³-hybridized carbons (Fsp3) is 1.00. The highest BCUT2D eigenvalue weighted by atomic mass is 28.3. The Hall–Kier alpha value is 0.0969. The maximum absolute atomic E-state index is 5.59. The Morgan fingerprint density at radius 2 is 1.69 bits per heavy atom. The van der Waals surface area contributed by atoms with Crippen molar-refractivity contribution in [2.24, 2.45) is 17.6 Å². The van der Waals surface area contributed by atoms with Crippen molar-refractivity contribution in [3.05, 3.63) is 0 Å². The molecule has 0 aliphatic rings. The SMILES string of the molecule is CO[SiH](CCC(C)C(C)CN)OC. The summed E-state index contributed by atoms with van der Waals surface area (Å²) in [5.41, 5.74) is 5.59. The van der Waals surface area contributed by atoms with Gasteiger partial charge in [0, 0.05) is 14.2 Å². The molecule has 0 saturated carbocycles. The molecule has 0 aliphatic heterocycles. The van der Waals surface area contributed by atoms with E-state index in [9.17, 15) is 0 Å². The molecule has 0 aliphatic carbocycles. The zero-order valence-electron chi connectivity index (χ0n) is 9.25. The summed E-state index contributed by atoms with van der Waals surface area (Å²) in [6.45, 7) is 5.21. The molecule has 0 radical (unpaired) electrons. The number of hydrogen-bond acceptors (Lipinski definition) is 3. The van der Waals surface area contributed by atoms with E-state index >= 15 is 0 Å². The first-order valence-electron chi connectivity index (χ1n) is 4.91. The molecule has 80 valence electrons. The molecule has 2 unspecified atom stereocenters. The predicted octanol–water partition coefficient (Wildman–Crippen LogP) is 1.12. The van der Waals surface area contributed by atoms with E-state index in [-0.39, 0.29) is 0 Å². The molecule has 4 heteroatoms. The van der Waals surface area contributed by atoms with Crippen molar-refractivity contribution in [1.82, 2.24) is 0 Å².